The number of fused-ring (bicyclic) bond motifs is 1. The number of aromatic amines is 1. The predicted molar refractivity (Wildman–Crippen MR) is 88.4 cm³/mol. The Kier molecular flexibility index (Phi) is 4.09. The topological polar surface area (TPSA) is 53.1 Å². The summed E-state index contributed by atoms with van der Waals surface area (Å²) in [5.74, 6) is -1.66. The van der Waals surface area contributed by atoms with E-state index in [0.29, 0.717) is 15.1 Å². The van der Waals surface area contributed by atoms with E-state index in [9.17, 15) is 18.0 Å². The number of alkyl halides is 3. The summed E-state index contributed by atoms with van der Waals surface area (Å²) in [5, 5.41) is 9.39. The molecule has 0 spiro atoms. The van der Waals surface area contributed by atoms with E-state index in [0.717, 1.165) is 5.56 Å². The Morgan fingerprint density at radius 1 is 1.17 bits per heavy atom. The van der Waals surface area contributed by atoms with E-state index < -0.39 is 23.4 Å². The number of hydrogen-bond donors (Lipinski definition) is 2. The van der Waals surface area contributed by atoms with Crippen LogP contribution in [0.25, 0.3) is 22.0 Å². The van der Waals surface area contributed by atoms with Crippen LogP contribution in [0.5, 0.6) is 0 Å². The molecule has 0 unspecified atom stereocenters. The van der Waals surface area contributed by atoms with E-state index in [1.54, 1.807) is 24.3 Å². The van der Waals surface area contributed by atoms with Crippen LogP contribution in [0.4, 0.5) is 13.2 Å². The van der Waals surface area contributed by atoms with E-state index in [1.807, 2.05) is 0 Å². The standard InChI is InChI=1S/C16H8BrClF3NO2/c17-11-5-10-12(6-9(11)7-1-3-8(18)4-2-7)22-14(15(23)24)13(10)16(19,20)21/h1-6,22H,(H,23,24). The van der Waals surface area contributed by atoms with Gasteiger partial charge in [0.1, 0.15) is 5.69 Å². The third-order valence-corrected chi connectivity index (χ3v) is 4.45. The van der Waals surface area contributed by atoms with Gasteiger partial charge >= 0.3 is 12.1 Å². The molecule has 0 saturated heterocycles. The van der Waals surface area contributed by atoms with Gasteiger partial charge in [-0.25, -0.2) is 4.79 Å². The molecule has 0 amide bonds. The zero-order valence-electron chi connectivity index (χ0n) is 11.7. The molecule has 3 rings (SSSR count). The van der Waals surface area contributed by atoms with Crippen LogP contribution in [-0.2, 0) is 6.18 Å². The molecule has 3 nitrogen and oxygen atoms in total. The van der Waals surface area contributed by atoms with Crippen molar-refractivity contribution in [3.05, 3.63) is 57.2 Å². The Morgan fingerprint density at radius 3 is 2.33 bits per heavy atom. The maximum atomic E-state index is 13.3. The quantitative estimate of drug-likeness (QED) is 0.539. The van der Waals surface area contributed by atoms with Gasteiger partial charge in [-0.1, -0.05) is 39.7 Å². The number of aromatic carboxylic acids is 1. The Bertz CT molecular complexity index is 949. The monoisotopic (exact) mass is 417 g/mol. The summed E-state index contributed by atoms with van der Waals surface area (Å²) in [6, 6.07) is 9.51. The van der Waals surface area contributed by atoms with Crippen LogP contribution in [0.3, 0.4) is 0 Å². The Hall–Kier alpha value is -1.99. The molecule has 24 heavy (non-hydrogen) atoms. The van der Waals surface area contributed by atoms with Crippen molar-refractivity contribution in [1.29, 1.82) is 0 Å². The van der Waals surface area contributed by atoms with Crippen molar-refractivity contribution < 1.29 is 23.1 Å². The maximum absolute atomic E-state index is 13.3. The molecule has 1 aromatic heterocycles. The number of rotatable bonds is 2. The van der Waals surface area contributed by atoms with Gasteiger partial charge in [0.05, 0.1) is 5.56 Å². The summed E-state index contributed by atoms with van der Waals surface area (Å²) in [5.41, 5.74) is -0.627. The summed E-state index contributed by atoms with van der Waals surface area (Å²) in [6.45, 7) is 0. The van der Waals surface area contributed by atoms with Gasteiger partial charge in [0, 0.05) is 20.4 Å². The number of carboxylic acids is 1. The summed E-state index contributed by atoms with van der Waals surface area (Å²) in [7, 11) is 0. The summed E-state index contributed by atoms with van der Waals surface area (Å²) < 4.78 is 40.2. The van der Waals surface area contributed by atoms with Crippen LogP contribution in [0, 0.1) is 0 Å². The average molecular weight is 419 g/mol. The molecule has 8 heteroatoms. The lowest BCUT2D eigenvalue weighted by atomic mass is 10.0. The van der Waals surface area contributed by atoms with E-state index in [-0.39, 0.29) is 10.9 Å². The zero-order valence-corrected chi connectivity index (χ0v) is 14.1. The van der Waals surface area contributed by atoms with E-state index in [4.69, 9.17) is 16.7 Å². The van der Waals surface area contributed by atoms with Crippen molar-refractivity contribution in [2.45, 2.75) is 6.18 Å². The van der Waals surface area contributed by atoms with Crippen molar-refractivity contribution >= 4 is 44.4 Å². The SMILES string of the molecule is O=C(O)c1[nH]c2cc(-c3ccc(Cl)cc3)c(Br)cc2c1C(F)(F)F. The lowest BCUT2D eigenvalue weighted by Crippen LogP contribution is -2.11. The van der Waals surface area contributed by atoms with Crippen LogP contribution in [0.1, 0.15) is 16.1 Å². The first-order valence-electron chi connectivity index (χ1n) is 6.60. The van der Waals surface area contributed by atoms with Gasteiger partial charge in [-0.05, 0) is 35.4 Å². The highest BCUT2D eigenvalue weighted by molar-refractivity contribution is 9.10. The molecule has 1 heterocycles. The van der Waals surface area contributed by atoms with Crippen molar-refractivity contribution in [2.24, 2.45) is 0 Å². The van der Waals surface area contributed by atoms with Gasteiger partial charge in [0.15, 0.2) is 0 Å². The number of H-pyrrole nitrogens is 1. The third-order valence-electron chi connectivity index (χ3n) is 3.54. The lowest BCUT2D eigenvalue weighted by Gasteiger charge is -2.08. The molecule has 0 saturated carbocycles. The molecular formula is C16H8BrClF3NO2. The number of halogens is 5. The van der Waals surface area contributed by atoms with Gasteiger partial charge < -0.3 is 10.1 Å². The molecule has 2 aromatic carbocycles. The summed E-state index contributed by atoms with van der Waals surface area (Å²) in [4.78, 5) is 13.5. The fourth-order valence-electron chi connectivity index (χ4n) is 2.52. The molecular weight excluding hydrogens is 411 g/mol. The highest BCUT2D eigenvalue weighted by Gasteiger charge is 2.39. The molecule has 0 aliphatic rings. The molecule has 0 bridgehead atoms. The first-order chi connectivity index (χ1) is 11.2. The minimum absolute atomic E-state index is 0.0906. The molecule has 0 fully saturated rings. The van der Waals surface area contributed by atoms with Crippen molar-refractivity contribution in [3.8, 4) is 11.1 Å². The van der Waals surface area contributed by atoms with Crippen LogP contribution in [0.2, 0.25) is 5.02 Å². The molecule has 2 N–H and O–H groups in total. The zero-order chi connectivity index (χ0) is 17.6. The van der Waals surface area contributed by atoms with Crippen LogP contribution in [0.15, 0.2) is 40.9 Å². The van der Waals surface area contributed by atoms with Gasteiger partial charge in [-0.2, -0.15) is 13.2 Å². The minimum atomic E-state index is -4.78. The van der Waals surface area contributed by atoms with Gasteiger partial charge in [0.2, 0.25) is 0 Å². The average Bonchev–Trinajstić information content (AvgIpc) is 2.86. The number of benzene rings is 2. The largest absolute Gasteiger partial charge is 0.477 e. The van der Waals surface area contributed by atoms with Crippen LogP contribution < -0.4 is 0 Å². The molecule has 0 aliphatic carbocycles. The van der Waals surface area contributed by atoms with Gasteiger partial charge in [-0.3, -0.25) is 0 Å². The first kappa shape index (κ1) is 16.9. The first-order valence-corrected chi connectivity index (χ1v) is 7.77. The molecule has 0 atom stereocenters. The number of aromatic nitrogens is 1. The van der Waals surface area contributed by atoms with Gasteiger partial charge in [0.25, 0.3) is 0 Å². The Morgan fingerprint density at radius 2 is 1.79 bits per heavy atom. The maximum Gasteiger partial charge on any atom is 0.419 e. The predicted octanol–water partition coefficient (Wildman–Crippen LogP) is 5.97. The number of nitrogens with one attached hydrogen (secondary N) is 1. The van der Waals surface area contributed by atoms with Crippen molar-refractivity contribution in [1.82, 2.24) is 4.98 Å². The third kappa shape index (κ3) is 2.89. The second-order valence-corrected chi connectivity index (χ2v) is 6.35. The van der Waals surface area contributed by atoms with E-state index in [2.05, 4.69) is 20.9 Å². The fraction of sp³-hybridized carbons (Fsp3) is 0.0625. The Balaban J connectivity index is 2.29. The normalized spacial score (nSPS) is 11.9. The highest BCUT2D eigenvalue weighted by Crippen LogP contribution is 2.41. The summed E-state index contributed by atoms with van der Waals surface area (Å²) in [6.07, 6.45) is -4.78. The van der Waals surface area contributed by atoms with Crippen LogP contribution >= 0.6 is 27.5 Å². The lowest BCUT2D eigenvalue weighted by molar-refractivity contribution is -0.136. The molecule has 124 valence electrons. The highest BCUT2D eigenvalue weighted by atomic mass is 79.9. The number of carbonyl (C=O) groups is 1. The Labute approximate surface area is 147 Å². The van der Waals surface area contributed by atoms with E-state index >= 15 is 0 Å². The summed E-state index contributed by atoms with van der Waals surface area (Å²) >= 11 is 9.09. The smallest absolute Gasteiger partial charge is 0.419 e. The minimum Gasteiger partial charge on any atom is -0.477 e. The second kappa shape index (κ2) is 5.82. The number of carboxylic acid groups (broad SMARTS) is 1. The second-order valence-electron chi connectivity index (χ2n) is 5.06. The molecule has 0 aliphatic heterocycles. The fourth-order valence-corrected chi connectivity index (χ4v) is 3.22. The number of hydrogen-bond acceptors (Lipinski definition) is 1. The molecule has 0 radical (unpaired) electrons. The van der Waals surface area contributed by atoms with Gasteiger partial charge in [-0.15, -0.1) is 0 Å². The van der Waals surface area contributed by atoms with E-state index in [1.165, 1.54) is 12.1 Å². The van der Waals surface area contributed by atoms with Crippen LogP contribution in [-0.4, -0.2) is 16.1 Å². The van der Waals surface area contributed by atoms with Crippen molar-refractivity contribution in [2.75, 3.05) is 0 Å². The van der Waals surface area contributed by atoms with Crippen molar-refractivity contribution in [3.63, 3.8) is 0 Å². The molecule has 3 aromatic rings.